The molecule has 5 rings (SSSR count). The highest BCUT2D eigenvalue weighted by atomic mass is 32.1. The molecule has 1 saturated carbocycles. The molecular weight excluding hydrogens is 495 g/mol. The average Bonchev–Trinajstić information content (AvgIpc) is 2.92. The van der Waals surface area contributed by atoms with E-state index in [1.807, 2.05) is 12.1 Å². The lowest BCUT2D eigenvalue weighted by molar-refractivity contribution is 0.292. The molecule has 0 radical (unpaired) electrons. The summed E-state index contributed by atoms with van der Waals surface area (Å²) in [7, 11) is 0. The number of thiocarbonyl (C=S) groups is 1. The Labute approximate surface area is 232 Å². The van der Waals surface area contributed by atoms with Gasteiger partial charge in [-0.1, -0.05) is 45.2 Å². The normalized spacial score (nSPS) is 23.7. The van der Waals surface area contributed by atoms with Gasteiger partial charge in [0.1, 0.15) is 17.5 Å². The van der Waals surface area contributed by atoms with Gasteiger partial charge in [0.15, 0.2) is 5.11 Å². The Kier molecular flexibility index (Phi) is 8.66. The third-order valence-electron chi connectivity index (χ3n) is 8.65. The molecule has 38 heavy (non-hydrogen) atoms. The van der Waals surface area contributed by atoms with Gasteiger partial charge in [0, 0.05) is 44.2 Å². The number of halogens is 1. The molecule has 3 aliphatic rings. The van der Waals surface area contributed by atoms with Gasteiger partial charge in [-0.25, -0.2) is 4.39 Å². The molecule has 6 nitrogen and oxygen atoms in total. The first-order chi connectivity index (χ1) is 18.4. The zero-order valence-electron chi connectivity index (χ0n) is 23.0. The second kappa shape index (κ2) is 12.1. The predicted molar refractivity (Wildman–Crippen MR) is 159 cm³/mol. The third-order valence-corrected chi connectivity index (χ3v) is 8.90. The van der Waals surface area contributed by atoms with Gasteiger partial charge < -0.3 is 20.4 Å². The van der Waals surface area contributed by atoms with E-state index < -0.39 is 0 Å². The van der Waals surface area contributed by atoms with E-state index >= 15 is 0 Å². The molecule has 3 heterocycles. The fourth-order valence-corrected chi connectivity index (χ4v) is 6.93. The minimum absolute atomic E-state index is 0.0422. The predicted octanol–water partition coefficient (Wildman–Crippen LogP) is 6.28. The molecule has 2 aliphatic heterocycles. The summed E-state index contributed by atoms with van der Waals surface area (Å²) in [6, 6.07) is 9.20. The summed E-state index contributed by atoms with van der Waals surface area (Å²) in [5.41, 5.74) is 1.15. The van der Waals surface area contributed by atoms with Crippen molar-refractivity contribution < 1.29 is 4.39 Å². The molecule has 1 aliphatic carbocycles. The molecule has 3 fully saturated rings. The minimum Gasteiger partial charge on any atom is -0.361 e. The number of aromatic nitrogens is 2. The lowest BCUT2D eigenvalue weighted by Gasteiger charge is -2.38. The topological polar surface area (TPSA) is 56.3 Å². The maximum absolute atomic E-state index is 13.6. The van der Waals surface area contributed by atoms with Gasteiger partial charge in [-0.2, -0.15) is 9.97 Å². The number of piperidine rings is 2. The van der Waals surface area contributed by atoms with Crippen molar-refractivity contribution in [2.24, 2.45) is 11.8 Å². The van der Waals surface area contributed by atoms with E-state index in [1.165, 1.54) is 50.5 Å². The van der Waals surface area contributed by atoms with Crippen LogP contribution in [0.1, 0.15) is 77.2 Å². The molecule has 0 bridgehead atoms. The Bertz CT molecular complexity index is 1070. The van der Waals surface area contributed by atoms with Crippen LogP contribution in [0, 0.1) is 17.7 Å². The largest absolute Gasteiger partial charge is 0.361 e. The first-order valence-electron chi connectivity index (χ1n) is 14.6. The summed E-state index contributed by atoms with van der Waals surface area (Å²) < 4.78 is 13.6. The van der Waals surface area contributed by atoms with Crippen molar-refractivity contribution in [3.63, 3.8) is 0 Å². The fourth-order valence-electron chi connectivity index (χ4n) is 6.77. The molecule has 2 aromatic rings. The summed E-state index contributed by atoms with van der Waals surface area (Å²) in [5, 5.41) is 7.35. The third kappa shape index (κ3) is 6.56. The monoisotopic (exact) mass is 538 g/mol. The summed E-state index contributed by atoms with van der Waals surface area (Å²) in [5.74, 6) is 3.63. The van der Waals surface area contributed by atoms with E-state index in [2.05, 4.69) is 40.3 Å². The molecule has 2 N–H and O–H groups in total. The molecule has 206 valence electrons. The first kappa shape index (κ1) is 27.1. The molecule has 8 heteroatoms. The Morgan fingerprint density at radius 3 is 2.18 bits per heavy atom. The molecule has 2 saturated heterocycles. The van der Waals surface area contributed by atoms with Gasteiger partial charge in [-0.05, 0) is 80.3 Å². The Balaban J connectivity index is 1.33. The Morgan fingerprint density at radius 2 is 1.53 bits per heavy atom. The van der Waals surface area contributed by atoms with Crippen LogP contribution in [0.5, 0.6) is 0 Å². The Hall–Kier alpha value is -2.48. The van der Waals surface area contributed by atoms with E-state index in [-0.39, 0.29) is 11.2 Å². The van der Waals surface area contributed by atoms with Crippen LogP contribution in [-0.4, -0.2) is 47.8 Å². The molecular formula is C30H43FN6S. The number of nitrogens with one attached hydrogen (secondary N) is 2. The van der Waals surface area contributed by atoms with Crippen molar-refractivity contribution >= 4 is 34.9 Å². The maximum atomic E-state index is 13.6. The van der Waals surface area contributed by atoms with E-state index in [0.717, 1.165) is 50.7 Å². The SMILES string of the molecule is C[C@H]1C[C@H](C)CN(c2cc(N3CCCCC3)nc(NC(=S)NCC3(c4ccc(F)cc4)CCCCC3)n2)C1. The van der Waals surface area contributed by atoms with Crippen LogP contribution in [0.3, 0.4) is 0 Å². The second-order valence-corrected chi connectivity index (χ2v) is 12.4. The number of benzene rings is 1. The maximum Gasteiger partial charge on any atom is 0.232 e. The molecule has 1 aromatic carbocycles. The van der Waals surface area contributed by atoms with Crippen molar-refractivity contribution in [3.8, 4) is 0 Å². The van der Waals surface area contributed by atoms with Crippen LogP contribution >= 0.6 is 12.2 Å². The van der Waals surface area contributed by atoms with E-state index in [4.69, 9.17) is 22.2 Å². The fraction of sp³-hybridized carbons (Fsp3) is 0.633. The number of nitrogens with zero attached hydrogens (tertiary/aromatic N) is 4. The molecule has 0 unspecified atom stereocenters. The van der Waals surface area contributed by atoms with E-state index in [0.29, 0.717) is 29.4 Å². The highest BCUT2D eigenvalue weighted by Gasteiger charge is 2.34. The Morgan fingerprint density at radius 1 is 0.921 bits per heavy atom. The zero-order chi connectivity index (χ0) is 26.5. The van der Waals surface area contributed by atoms with Gasteiger partial charge in [0.25, 0.3) is 0 Å². The summed E-state index contributed by atoms with van der Waals surface area (Å²) in [6.45, 7) is 9.47. The quantitative estimate of drug-likeness (QED) is 0.420. The number of hydrogen-bond acceptors (Lipinski definition) is 5. The van der Waals surface area contributed by atoms with E-state index in [9.17, 15) is 4.39 Å². The minimum atomic E-state index is -0.191. The standard InChI is InChI=1S/C30H43FN6S/c1-22-17-23(2)20-37(19-22)27-18-26(36-15-7-4-8-16-36)33-28(34-27)35-29(38)32-21-30(13-5-3-6-14-30)24-9-11-25(31)12-10-24/h9-12,18,22-23H,3-8,13-17,19-21H2,1-2H3,(H2,32,33,34,35,38)/t22-,23-/m0/s1. The summed E-state index contributed by atoms with van der Waals surface area (Å²) in [4.78, 5) is 14.7. The van der Waals surface area contributed by atoms with Crippen LogP contribution in [0.4, 0.5) is 22.0 Å². The van der Waals surface area contributed by atoms with Crippen molar-refractivity contribution in [2.45, 2.75) is 77.0 Å². The number of rotatable bonds is 6. The average molecular weight is 539 g/mol. The summed E-state index contributed by atoms with van der Waals surface area (Å²) in [6.07, 6.45) is 10.7. The smallest absolute Gasteiger partial charge is 0.232 e. The highest BCUT2D eigenvalue weighted by Crippen LogP contribution is 2.39. The second-order valence-electron chi connectivity index (χ2n) is 12.0. The van der Waals surface area contributed by atoms with Crippen LogP contribution in [0.15, 0.2) is 30.3 Å². The van der Waals surface area contributed by atoms with Gasteiger partial charge >= 0.3 is 0 Å². The van der Waals surface area contributed by atoms with Crippen LogP contribution in [0.25, 0.3) is 0 Å². The van der Waals surface area contributed by atoms with Crippen molar-refractivity contribution in [2.75, 3.05) is 47.8 Å². The lowest BCUT2D eigenvalue weighted by atomic mass is 9.69. The number of anilines is 3. The molecule has 0 amide bonds. The summed E-state index contributed by atoms with van der Waals surface area (Å²) >= 11 is 5.77. The highest BCUT2D eigenvalue weighted by molar-refractivity contribution is 7.80. The molecule has 0 spiro atoms. The van der Waals surface area contributed by atoms with Gasteiger partial charge in [-0.3, -0.25) is 0 Å². The van der Waals surface area contributed by atoms with Gasteiger partial charge in [0.2, 0.25) is 5.95 Å². The van der Waals surface area contributed by atoms with Crippen LogP contribution in [-0.2, 0) is 5.41 Å². The van der Waals surface area contributed by atoms with Crippen LogP contribution < -0.4 is 20.4 Å². The molecule has 1 aromatic heterocycles. The van der Waals surface area contributed by atoms with Crippen molar-refractivity contribution in [1.82, 2.24) is 15.3 Å². The van der Waals surface area contributed by atoms with Gasteiger partial charge in [0.05, 0.1) is 0 Å². The van der Waals surface area contributed by atoms with Crippen molar-refractivity contribution in [1.29, 1.82) is 0 Å². The van der Waals surface area contributed by atoms with Crippen molar-refractivity contribution in [3.05, 3.63) is 41.7 Å². The van der Waals surface area contributed by atoms with Gasteiger partial charge in [-0.15, -0.1) is 0 Å². The van der Waals surface area contributed by atoms with E-state index in [1.54, 1.807) is 12.1 Å². The first-order valence-corrected chi connectivity index (χ1v) is 15.0. The lowest BCUT2D eigenvalue weighted by Crippen LogP contribution is -2.44. The number of hydrogen-bond donors (Lipinski definition) is 2. The molecule has 2 atom stereocenters. The zero-order valence-corrected chi connectivity index (χ0v) is 23.8. The van der Waals surface area contributed by atoms with Crippen LogP contribution in [0.2, 0.25) is 0 Å².